The fourth-order valence-electron chi connectivity index (χ4n) is 0.748. The van der Waals surface area contributed by atoms with Gasteiger partial charge in [-0.3, -0.25) is 0 Å². The number of nitrogens with one attached hydrogen (secondary N) is 1. The third kappa shape index (κ3) is 8.69. The van der Waals surface area contributed by atoms with Crippen molar-refractivity contribution in [1.29, 1.82) is 0 Å². The van der Waals surface area contributed by atoms with Crippen LogP contribution in [0.5, 0.6) is 0 Å². The number of hydrogen-bond acceptors (Lipinski definition) is 2. The minimum Gasteiger partial charge on any atom is -0.444 e. The highest BCUT2D eigenvalue weighted by Gasteiger charge is 2.17. The van der Waals surface area contributed by atoms with Crippen LogP contribution in [0.4, 0.5) is 4.79 Å². The maximum atomic E-state index is 11.4. The molecule has 86 valence electrons. The van der Waals surface area contributed by atoms with Crippen LogP contribution in [-0.2, 0) is 4.74 Å². The zero-order chi connectivity index (χ0) is 12.1. The van der Waals surface area contributed by atoms with E-state index in [0.29, 0.717) is 0 Å². The van der Waals surface area contributed by atoms with Crippen LogP contribution in [0.2, 0.25) is 0 Å². The Morgan fingerprint density at radius 1 is 1.47 bits per heavy atom. The maximum absolute atomic E-state index is 11.4. The van der Waals surface area contributed by atoms with Gasteiger partial charge in [0.2, 0.25) is 0 Å². The SMILES string of the molecule is C=C[C@@H](C=C(Br)Br)NC(=O)OC(C)(C)C. The molecule has 0 rings (SSSR count). The molecular formula is C10H15Br2NO2. The summed E-state index contributed by atoms with van der Waals surface area (Å²) in [5.74, 6) is 0. The van der Waals surface area contributed by atoms with Gasteiger partial charge in [0, 0.05) is 0 Å². The monoisotopic (exact) mass is 339 g/mol. The molecule has 0 fully saturated rings. The lowest BCUT2D eigenvalue weighted by Crippen LogP contribution is -2.37. The number of hydrogen-bond donors (Lipinski definition) is 1. The number of carbonyl (C=O) groups is 1. The summed E-state index contributed by atoms with van der Waals surface area (Å²) < 4.78 is 5.84. The summed E-state index contributed by atoms with van der Waals surface area (Å²) in [7, 11) is 0. The molecule has 0 aromatic heterocycles. The highest BCUT2D eigenvalue weighted by molar-refractivity contribution is 9.28. The number of ether oxygens (including phenoxy) is 1. The van der Waals surface area contributed by atoms with Crippen molar-refractivity contribution in [2.24, 2.45) is 0 Å². The van der Waals surface area contributed by atoms with Gasteiger partial charge in [0.05, 0.1) is 9.43 Å². The number of carbonyl (C=O) groups excluding carboxylic acids is 1. The lowest BCUT2D eigenvalue weighted by Gasteiger charge is -2.21. The molecule has 1 amide bonds. The summed E-state index contributed by atoms with van der Waals surface area (Å²) in [5.41, 5.74) is -0.495. The van der Waals surface area contributed by atoms with Crippen molar-refractivity contribution < 1.29 is 9.53 Å². The molecule has 0 radical (unpaired) electrons. The van der Waals surface area contributed by atoms with Crippen molar-refractivity contribution in [2.45, 2.75) is 32.4 Å². The molecule has 0 heterocycles. The highest BCUT2D eigenvalue weighted by atomic mass is 79.9. The molecule has 0 aromatic carbocycles. The Labute approximate surface area is 107 Å². The van der Waals surface area contributed by atoms with Crippen LogP contribution in [0.25, 0.3) is 0 Å². The number of amides is 1. The van der Waals surface area contributed by atoms with Gasteiger partial charge in [0.1, 0.15) is 5.60 Å². The van der Waals surface area contributed by atoms with E-state index in [4.69, 9.17) is 4.74 Å². The molecule has 0 spiro atoms. The van der Waals surface area contributed by atoms with Gasteiger partial charge in [-0.25, -0.2) is 4.79 Å². The summed E-state index contributed by atoms with van der Waals surface area (Å²) in [4.78, 5) is 11.4. The van der Waals surface area contributed by atoms with E-state index in [0.717, 1.165) is 3.39 Å². The van der Waals surface area contributed by atoms with E-state index < -0.39 is 11.7 Å². The van der Waals surface area contributed by atoms with Gasteiger partial charge >= 0.3 is 6.09 Å². The van der Waals surface area contributed by atoms with Crippen LogP contribution in [-0.4, -0.2) is 17.7 Å². The van der Waals surface area contributed by atoms with Gasteiger partial charge in [-0.15, -0.1) is 6.58 Å². The second kappa shape index (κ2) is 6.33. The first-order valence-corrected chi connectivity index (χ1v) is 5.98. The number of alkyl carbamates (subject to hydrolysis) is 1. The van der Waals surface area contributed by atoms with Crippen molar-refractivity contribution in [2.75, 3.05) is 0 Å². The van der Waals surface area contributed by atoms with Crippen molar-refractivity contribution in [3.63, 3.8) is 0 Å². The molecule has 0 aromatic rings. The van der Waals surface area contributed by atoms with E-state index in [1.807, 2.05) is 20.8 Å². The van der Waals surface area contributed by atoms with Crippen LogP contribution in [0.1, 0.15) is 20.8 Å². The normalized spacial score (nSPS) is 12.6. The van der Waals surface area contributed by atoms with Crippen molar-refractivity contribution in [3.8, 4) is 0 Å². The topological polar surface area (TPSA) is 38.3 Å². The molecule has 0 bridgehead atoms. The van der Waals surface area contributed by atoms with Gasteiger partial charge in [-0.05, 0) is 58.7 Å². The molecule has 0 aliphatic rings. The van der Waals surface area contributed by atoms with E-state index in [2.05, 4.69) is 43.8 Å². The first kappa shape index (κ1) is 14.7. The van der Waals surface area contributed by atoms with Crippen molar-refractivity contribution >= 4 is 38.0 Å². The highest BCUT2D eigenvalue weighted by Crippen LogP contribution is 2.14. The van der Waals surface area contributed by atoms with Crippen molar-refractivity contribution in [1.82, 2.24) is 5.32 Å². The Balaban J connectivity index is 4.26. The van der Waals surface area contributed by atoms with Gasteiger partial charge in [0.25, 0.3) is 0 Å². The predicted molar refractivity (Wildman–Crippen MR) is 69.3 cm³/mol. The molecule has 0 aliphatic carbocycles. The van der Waals surface area contributed by atoms with Gasteiger partial charge < -0.3 is 10.1 Å². The van der Waals surface area contributed by atoms with Crippen LogP contribution in [0.15, 0.2) is 22.1 Å². The Bertz CT molecular complexity index is 265. The molecule has 5 heteroatoms. The average Bonchev–Trinajstić information content (AvgIpc) is 1.98. The Morgan fingerprint density at radius 2 is 2.00 bits per heavy atom. The summed E-state index contributed by atoms with van der Waals surface area (Å²) in [5, 5.41) is 2.64. The lowest BCUT2D eigenvalue weighted by molar-refractivity contribution is 0.0523. The first-order valence-electron chi connectivity index (χ1n) is 4.39. The quantitative estimate of drug-likeness (QED) is 0.795. The Morgan fingerprint density at radius 3 is 2.33 bits per heavy atom. The predicted octanol–water partition coefficient (Wildman–Crippen LogP) is 3.70. The molecule has 1 N–H and O–H groups in total. The van der Waals surface area contributed by atoms with Crippen LogP contribution < -0.4 is 5.32 Å². The smallest absolute Gasteiger partial charge is 0.408 e. The van der Waals surface area contributed by atoms with E-state index in [-0.39, 0.29) is 6.04 Å². The standard InChI is InChI=1S/C10H15Br2NO2/c1-5-7(6-8(11)12)13-9(14)15-10(2,3)4/h5-7H,1H2,2-4H3,(H,13,14)/t7-/m0/s1. The molecule has 15 heavy (non-hydrogen) atoms. The van der Waals surface area contributed by atoms with Gasteiger partial charge in [0.15, 0.2) is 0 Å². The van der Waals surface area contributed by atoms with E-state index in [1.165, 1.54) is 0 Å². The third-order valence-electron chi connectivity index (χ3n) is 1.24. The maximum Gasteiger partial charge on any atom is 0.408 e. The zero-order valence-electron chi connectivity index (χ0n) is 9.01. The van der Waals surface area contributed by atoms with Crippen molar-refractivity contribution in [3.05, 3.63) is 22.1 Å². The third-order valence-corrected chi connectivity index (χ3v) is 1.77. The number of halogens is 2. The van der Waals surface area contributed by atoms with Crippen LogP contribution in [0.3, 0.4) is 0 Å². The summed E-state index contributed by atoms with van der Waals surface area (Å²) in [6.45, 7) is 9.04. The minimum absolute atomic E-state index is 0.270. The van der Waals surface area contributed by atoms with Gasteiger partial charge in [-0.1, -0.05) is 6.08 Å². The summed E-state index contributed by atoms with van der Waals surface area (Å²) in [6, 6.07) is -0.270. The minimum atomic E-state index is -0.495. The zero-order valence-corrected chi connectivity index (χ0v) is 12.2. The molecule has 0 saturated carbocycles. The summed E-state index contributed by atoms with van der Waals surface area (Å²) in [6.07, 6.45) is 2.88. The largest absolute Gasteiger partial charge is 0.444 e. The molecule has 1 atom stereocenters. The Kier molecular flexibility index (Phi) is 6.20. The van der Waals surface area contributed by atoms with E-state index in [9.17, 15) is 4.79 Å². The van der Waals surface area contributed by atoms with Gasteiger partial charge in [-0.2, -0.15) is 0 Å². The Hall–Kier alpha value is -0.290. The fraction of sp³-hybridized carbons (Fsp3) is 0.500. The molecule has 0 unspecified atom stereocenters. The molecule has 3 nitrogen and oxygen atoms in total. The molecule has 0 aliphatic heterocycles. The fourth-order valence-corrected chi connectivity index (χ4v) is 1.32. The lowest BCUT2D eigenvalue weighted by atomic mass is 10.2. The second-order valence-corrected chi connectivity index (χ2v) is 6.64. The number of rotatable bonds is 3. The average molecular weight is 341 g/mol. The molecular weight excluding hydrogens is 326 g/mol. The summed E-state index contributed by atoms with van der Waals surface area (Å²) >= 11 is 6.41. The van der Waals surface area contributed by atoms with E-state index in [1.54, 1.807) is 12.2 Å². The second-order valence-electron chi connectivity index (χ2n) is 3.86. The van der Waals surface area contributed by atoms with Crippen LogP contribution in [0, 0.1) is 0 Å². The molecule has 0 saturated heterocycles. The van der Waals surface area contributed by atoms with E-state index >= 15 is 0 Å². The first-order chi connectivity index (χ1) is 6.74. The van der Waals surface area contributed by atoms with Crippen LogP contribution >= 0.6 is 31.9 Å².